The fraction of sp³-hybridized carbons (Fsp3) is 0.629. The van der Waals surface area contributed by atoms with Gasteiger partial charge in [-0.3, -0.25) is 19.3 Å². The molecule has 0 unspecified atom stereocenters. The number of rotatable bonds is 7. The van der Waals surface area contributed by atoms with Crippen molar-refractivity contribution in [1.82, 2.24) is 29.9 Å². The van der Waals surface area contributed by atoms with E-state index in [9.17, 15) is 50.0 Å². The van der Waals surface area contributed by atoms with Crippen LogP contribution in [0.4, 0.5) is 27.2 Å². The van der Waals surface area contributed by atoms with Crippen molar-refractivity contribution in [2.75, 3.05) is 13.1 Å². The van der Waals surface area contributed by atoms with Gasteiger partial charge in [-0.15, -0.1) is 0 Å². The Bertz CT molecular complexity index is 1810. The van der Waals surface area contributed by atoms with Crippen molar-refractivity contribution in [2.24, 2.45) is 5.92 Å². The Morgan fingerprint density at radius 2 is 1.73 bits per heavy atom. The maximum atomic E-state index is 14.4. The lowest BCUT2D eigenvalue weighted by atomic mass is 10.0. The van der Waals surface area contributed by atoms with E-state index in [1.54, 1.807) is 22.9 Å². The van der Waals surface area contributed by atoms with Crippen molar-refractivity contribution < 1.29 is 59.4 Å². The SMILES string of the molecule is O=C(N[C@H]1CCCCC/C=C\[C@H]2C[C@@]2(C(=O)NS(=O)(=O)NCC(F)(F)F)NC(=O)[C@@H]2C[C@@H](OC(=O)N3Cc4cccc(F)c4C3)CN2C1=O)OC1CCCC1. The highest BCUT2D eigenvalue weighted by molar-refractivity contribution is 7.88. The van der Waals surface area contributed by atoms with Gasteiger partial charge in [-0.05, 0) is 63.0 Å². The first-order chi connectivity index (χ1) is 26.0. The summed E-state index contributed by atoms with van der Waals surface area (Å²) in [6.07, 6.45) is 0.762. The molecule has 3 heterocycles. The number of carbonyl (C=O) groups is 5. The van der Waals surface area contributed by atoms with Crippen molar-refractivity contribution >= 4 is 40.1 Å². The Morgan fingerprint density at radius 1 is 0.982 bits per heavy atom. The molecule has 4 N–H and O–H groups in total. The third-order valence-electron chi connectivity index (χ3n) is 10.7. The largest absolute Gasteiger partial charge is 0.446 e. The maximum Gasteiger partial charge on any atom is 0.410 e. The smallest absolute Gasteiger partial charge is 0.410 e. The molecule has 15 nitrogen and oxygen atoms in total. The van der Waals surface area contributed by atoms with Gasteiger partial charge >= 0.3 is 28.6 Å². The zero-order chi connectivity index (χ0) is 39.5. The molecule has 20 heteroatoms. The highest BCUT2D eigenvalue weighted by Crippen LogP contribution is 2.46. The van der Waals surface area contributed by atoms with Gasteiger partial charge in [0.15, 0.2) is 0 Å². The van der Waals surface area contributed by atoms with Crippen molar-refractivity contribution in [2.45, 2.75) is 120 Å². The molecule has 1 aromatic rings. The highest BCUT2D eigenvalue weighted by Gasteiger charge is 2.62. The molecule has 5 atom stereocenters. The number of nitrogens with zero attached hydrogens (tertiary/aromatic N) is 2. The first-order valence-corrected chi connectivity index (χ1v) is 19.9. The number of hydrogen-bond acceptors (Lipinski definition) is 9. The molecule has 2 saturated carbocycles. The number of amides is 5. The van der Waals surface area contributed by atoms with Crippen molar-refractivity contribution in [3.8, 4) is 0 Å². The summed E-state index contributed by atoms with van der Waals surface area (Å²) in [6, 6.07) is 1.93. The van der Waals surface area contributed by atoms with Crippen molar-refractivity contribution in [1.29, 1.82) is 0 Å². The summed E-state index contributed by atoms with van der Waals surface area (Å²) in [5, 5.41) is 5.21. The first kappa shape index (κ1) is 40.2. The van der Waals surface area contributed by atoms with Crippen LogP contribution in [0.25, 0.3) is 0 Å². The Balaban J connectivity index is 1.23. The molecule has 0 radical (unpaired) electrons. The zero-order valence-electron chi connectivity index (χ0n) is 29.9. The summed E-state index contributed by atoms with van der Waals surface area (Å²) < 4.78 is 91.7. The van der Waals surface area contributed by atoms with Crippen LogP contribution < -0.4 is 20.1 Å². The molecule has 302 valence electrons. The standard InChI is InChI=1S/C35H44F4N6O9S/c36-26-13-8-9-21-17-44(19-25(21)26)33(50)54-24-15-28-29(46)42-34(31(48)43-55(51,52)40-20-35(37,38)39)16-22(34)10-4-2-1-3-5-14-27(30(47)45(28)18-24)41-32(49)53-23-11-6-7-12-23/h4,8-10,13,22-24,27-28,40H,1-3,5-7,11-12,14-20H2,(H,41,49)(H,42,46)(H,43,48)/b10-4-/t22-,24+,27-,28-,34+/m0/s1. The minimum Gasteiger partial charge on any atom is -0.446 e. The number of alkyl carbamates (subject to hydrolysis) is 1. The average molecular weight is 801 g/mol. The van der Waals surface area contributed by atoms with Crippen LogP contribution in [0.3, 0.4) is 0 Å². The molecule has 1 aromatic carbocycles. The Morgan fingerprint density at radius 3 is 2.45 bits per heavy atom. The number of fused-ring (bicyclic) bond motifs is 3. The number of carbonyl (C=O) groups excluding carboxylic acids is 5. The van der Waals surface area contributed by atoms with Gasteiger partial charge in [-0.2, -0.15) is 26.3 Å². The molecule has 1 saturated heterocycles. The van der Waals surface area contributed by atoms with Gasteiger partial charge in [0, 0.05) is 24.4 Å². The number of benzene rings is 1. The minimum atomic E-state index is -5.01. The second kappa shape index (κ2) is 16.3. The topological polar surface area (TPSA) is 193 Å². The van der Waals surface area contributed by atoms with E-state index in [2.05, 4.69) is 10.6 Å². The van der Waals surface area contributed by atoms with Gasteiger partial charge in [0.2, 0.25) is 11.8 Å². The lowest BCUT2D eigenvalue weighted by Crippen LogP contribution is -2.59. The normalized spacial score (nSPS) is 28.1. The Hall–Kier alpha value is -4.46. The lowest BCUT2D eigenvalue weighted by Gasteiger charge is -2.30. The van der Waals surface area contributed by atoms with E-state index in [4.69, 9.17) is 9.47 Å². The van der Waals surface area contributed by atoms with Crippen LogP contribution in [0.2, 0.25) is 0 Å². The number of nitrogens with one attached hydrogen (secondary N) is 4. The zero-order valence-corrected chi connectivity index (χ0v) is 30.7. The van der Waals surface area contributed by atoms with E-state index in [1.807, 2.05) is 0 Å². The van der Waals surface area contributed by atoms with Crippen LogP contribution in [0.1, 0.15) is 81.8 Å². The number of ether oxygens (including phenoxy) is 2. The molecule has 3 aliphatic heterocycles. The molecule has 6 rings (SSSR count). The average Bonchev–Trinajstić information content (AvgIpc) is 3.53. The van der Waals surface area contributed by atoms with E-state index < -0.39 is 88.3 Å². The van der Waals surface area contributed by atoms with E-state index in [1.165, 1.54) is 21.8 Å². The molecule has 5 amide bonds. The fourth-order valence-corrected chi connectivity index (χ4v) is 8.50. The fourth-order valence-electron chi connectivity index (χ4n) is 7.65. The van der Waals surface area contributed by atoms with Crippen LogP contribution in [0, 0.1) is 11.7 Å². The van der Waals surface area contributed by atoms with Crippen molar-refractivity contribution in [3.05, 3.63) is 47.3 Å². The predicted octanol–water partition coefficient (Wildman–Crippen LogP) is 3.19. The predicted molar refractivity (Wildman–Crippen MR) is 184 cm³/mol. The van der Waals surface area contributed by atoms with Gasteiger partial charge in [0.05, 0.1) is 13.1 Å². The van der Waals surface area contributed by atoms with Gasteiger partial charge in [0.1, 0.15) is 42.2 Å². The van der Waals surface area contributed by atoms with E-state index >= 15 is 0 Å². The van der Waals surface area contributed by atoms with Gasteiger partial charge < -0.3 is 25.0 Å². The molecular weight excluding hydrogens is 756 g/mol. The van der Waals surface area contributed by atoms with Crippen LogP contribution in [-0.2, 0) is 47.2 Å². The van der Waals surface area contributed by atoms with E-state index in [-0.39, 0.29) is 45.0 Å². The molecule has 0 bridgehead atoms. The molecule has 0 aromatic heterocycles. The summed E-state index contributed by atoms with van der Waals surface area (Å²) >= 11 is 0. The lowest BCUT2D eigenvalue weighted by molar-refractivity contribution is -0.141. The first-order valence-electron chi connectivity index (χ1n) is 18.4. The molecule has 3 fully saturated rings. The van der Waals surface area contributed by atoms with Gasteiger partial charge in [0.25, 0.3) is 5.91 Å². The van der Waals surface area contributed by atoms with Crippen LogP contribution in [0.15, 0.2) is 30.4 Å². The Labute approximate surface area is 315 Å². The quantitative estimate of drug-likeness (QED) is 0.237. The molecule has 5 aliphatic rings. The van der Waals surface area contributed by atoms with E-state index in [0.29, 0.717) is 49.7 Å². The summed E-state index contributed by atoms with van der Waals surface area (Å²) in [5.74, 6) is -4.12. The second-order valence-electron chi connectivity index (χ2n) is 14.7. The minimum absolute atomic E-state index is 0.0631. The van der Waals surface area contributed by atoms with Crippen LogP contribution in [0.5, 0.6) is 0 Å². The van der Waals surface area contributed by atoms with Crippen LogP contribution >= 0.6 is 0 Å². The van der Waals surface area contributed by atoms with Crippen LogP contribution in [-0.4, -0.2) is 97.2 Å². The summed E-state index contributed by atoms with van der Waals surface area (Å²) in [6.45, 7) is -2.25. The molecule has 0 spiro atoms. The molecular formula is C35H44F4N6O9S. The Kier molecular flexibility index (Phi) is 11.9. The third kappa shape index (κ3) is 9.86. The summed E-state index contributed by atoms with van der Waals surface area (Å²) in [4.78, 5) is 70.7. The van der Waals surface area contributed by atoms with Crippen molar-refractivity contribution in [3.63, 3.8) is 0 Å². The number of alkyl halides is 3. The second-order valence-corrected chi connectivity index (χ2v) is 16.2. The van der Waals surface area contributed by atoms with Gasteiger partial charge in [-0.1, -0.05) is 37.1 Å². The summed E-state index contributed by atoms with van der Waals surface area (Å²) in [5.41, 5.74) is -0.979. The number of halogens is 4. The highest BCUT2D eigenvalue weighted by atomic mass is 32.2. The number of hydrogen-bond donors (Lipinski definition) is 4. The van der Waals surface area contributed by atoms with Gasteiger partial charge in [-0.25, -0.2) is 18.7 Å². The number of allylic oxidation sites excluding steroid dienone is 1. The molecule has 2 aliphatic carbocycles. The maximum absolute atomic E-state index is 14.4. The third-order valence-corrected chi connectivity index (χ3v) is 11.6. The monoisotopic (exact) mass is 800 g/mol. The van der Waals surface area contributed by atoms with E-state index in [0.717, 1.165) is 17.7 Å². The summed E-state index contributed by atoms with van der Waals surface area (Å²) in [7, 11) is -5.01. The molecule has 55 heavy (non-hydrogen) atoms.